The van der Waals surface area contributed by atoms with Gasteiger partial charge in [-0.25, -0.2) is 4.39 Å². The minimum Gasteiger partial charge on any atom is -0.371 e. The van der Waals surface area contributed by atoms with E-state index < -0.39 is 5.82 Å². The molecule has 2 aromatic carbocycles. The smallest absolute Gasteiger partial charge is 0.152 e. The molecule has 2 heterocycles. The Morgan fingerprint density at radius 2 is 1.48 bits per heavy atom. The number of rotatable bonds is 3. The van der Waals surface area contributed by atoms with Gasteiger partial charge in [0.15, 0.2) is 6.29 Å². The van der Waals surface area contributed by atoms with E-state index in [9.17, 15) is 14.0 Å². The maximum Gasteiger partial charge on any atom is 0.152 e. The van der Waals surface area contributed by atoms with Gasteiger partial charge in [-0.15, -0.1) is 0 Å². The molecule has 0 aliphatic carbocycles. The highest BCUT2D eigenvalue weighted by Gasteiger charge is 2.11. The van der Waals surface area contributed by atoms with Gasteiger partial charge in [0.2, 0.25) is 0 Å². The highest BCUT2D eigenvalue weighted by Crippen LogP contribution is 2.25. The van der Waals surface area contributed by atoms with Gasteiger partial charge in [-0.2, -0.15) is 0 Å². The first-order valence-electron chi connectivity index (χ1n) is 10.6. The van der Waals surface area contributed by atoms with Crippen molar-refractivity contribution >= 4 is 50.1 Å². The second kappa shape index (κ2) is 14.5. The monoisotopic (exact) mass is 554 g/mol. The van der Waals surface area contributed by atoms with Crippen LogP contribution < -0.4 is 10.2 Å². The summed E-state index contributed by atoms with van der Waals surface area (Å²) in [5, 5.41) is 3.28. The third-order valence-electron chi connectivity index (χ3n) is 5.06. The highest BCUT2D eigenvalue weighted by atomic mass is 79.9. The second-order valence-corrected chi connectivity index (χ2v) is 9.33. The lowest BCUT2D eigenvalue weighted by Gasteiger charge is -2.29. The van der Waals surface area contributed by atoms with E-state index in [0.29, 0.717) is 10.8 Å². The summed E-state index contributed by atoms with van der Waals surface area (Å²) in [6.45, 7) is 4.71. The van der Waals surface area contributed by atoms with E-state index in [-0.39, 0.29) is 5.56 Å². The van der Waals surface area contributed by atoms with Crippen molar-refractivity contribution in [1.82, 2.24) is 5.32 Å². The molecule has 2 saturated heterocycles. The molecule has 0 atom stereocenters. The molecule has 2 aromatic rings. The molecule has 168 valence electrons. The summed E-state index contributed by atoms with van der Waals surface area (Å²) in [4.78, 5) is 23.2. The largest absolute Gasteiger partial charge is 0.371 e. The molecular formula is C24H29Br2FN2O2. The van der Waals surface area contributed by atoms with E-state index in [1.54, 1.807) is 6.07 Å². The van der Waals surface area contributed by atoms with Crippen LogP contribution in [-0.2, 0) is 0 Å². The predicted molar refractivity (Wildman–Crippen MR) is 132 cm³/mol. The molecule has 2 aliphatic rings. The molecule has 0 saturated carbocycles. The van der Waals surface area contributed by atoms with Gasteiger partial charge in [-0.3, -0.25) is 9.59 Å². The molecule has 2 fully saturated rings. The van der Waals surface area contributed by atoms with Gasteiger partial charge in [0.1, 0.15) is 12.1 Å². The third-order valence-corrected chi connectivity index (χ3v) is 6.01. The van der Waals surface area contributed by atoms with Crippen molar-refractivity contribution in [3.8, 4) is 0 Å². The summed E-state index contributed by atoms with van der Waals surface area (Å²) in [7, 11) is 0. The fraction of sp³-hybridized carbons (Fsp3) is 0.417. The van der Waals surface area contributed by atoms with Gasteiger partial charge in [0.05, 0.1) is 5.56 Å². The van der Waals surface area contributed by atoms with Crippen LogP contribution >= 0.6 is 31.9 Å². The maximum absolute atomic E-state index is 12.6. The molecular weight excluding hydrogens is 527 g/mol. The normalized spacial score (nSPS) is 15.6. The lowest BCUT2D eigenvalue weighted by atomic mass is 10.1. The number of piperidine rings is 2. The van der Waals surface area contributed by atoms with Crippen molar-refractivity contribution in [2.75, 3.05) is 31.1 Å². The van der Waals surface area contributed by atoms with Crippen molar-refractivity contribution in [2.24, 2.45) is 0 Å². The Hall–Kier alpha value is -1.57. The van der Waals surface area contributed by atoms with E-state index in [1.807, 2.05) is 12.1 Å². The van der Waals surface area contributed by atoms with Crippen LogP contribution in [0.5, 0.6) is 0 Å². The molecule has 0 unspecified atom stereocenters. The molecule has 4 nitrogen and oxygen atoms in total. The number of nitrogens with one attached hydrogen (secondary N) is 1. The average Bonchev–Trinajstić information content (AvgIpc) is 2.81. The van der Waals surface area contributed by atoms with Crippen LogP contribution in [0.4, 0.5) is 10.1 Å². The molecule has 31 heavy (non-hydrogen) atoms. The summed E-state index contributed by atoms with van der Waals surface area (Å²) in [5.41, 5.74) is 1.99. The molecule has 0 amide bonds. The average molecular weight is 556 g/mol. The van der Waals surface area contributed by atoms with Crippen molar-refractivity contribution in [3.05, 3.63) is 62.3 Å². The van der Waals surface area contributed by atoms with Crippen LogP contribution in [0, 0.1) is 5.82 Å². The van der Waals surface area contributed by atoms with Crippen molar-refractivity contribution in [2.45, 2.75) is 38.5 Å². The topological polar surface area (TPSA) is 49.4 Å². The zero-order chi connectivity index (χ0) is 22.5. The van der Waals surface area contributed by atoms with Crippen LogP contribution in [0.25, 0.3) is 0 Å². The fourth-order valence-electron chi connectivity index (χ4n) is 3.40. The van der Waals surface area contributed by atoms with E-state index >= 15 is 0 Å². The van der Waals surface area contributed by atoms with Crippen LogP contribution in [0.3, 0.4) is 0 Å². The third kappa shape index (κ3) is 9.62. The zero-order valence-electron chi connectivity index (χ0n) is 17.6. The summed E-state index contributed by atoms with van der Waals surface area (Å²) in [5.74, 6) is -0.496. The fourth-order valence-corrected chi connectivity index (χ4v) is 4.23. The van der Waals surface area contributed by atoms with Gasteiger partial charge in [-0.1, -0.05) is 38.3 Å². The molecule has 0 spiro atoms. The predicted octanol–water partition coefficient (Wildman–Crippen LogP) is 6.41. The van der Waals surface area contributed by atoms with E-state index in [1.165, 1.54) is 63.7 Å². The van der Waals surface area contributed by atoms with E-state index in [2.05, 4.69) is 48.1 Å². The molecule has 7 heteroatoms. The Bertz CT molecular complexity index is 827. The van der Waals surface area contributed by atoms with Gasteiger partial charge in [0, 0.05) is 33.3 Å². The van der Waals surface area contributed by atoms with Gasteiger partial charge < -0.3 is 10.2 Å². The van der Waals surface area contributed by atoms with Crippen LogP contribution in [0.1, 0.15) is 59.2 Å². The molecule has 0 aromatic heterocycles. The number of nitrogens with zero attached hydrogens (tertiary/aromatic N) is 1. The lowest BCUT2D eigenvalue weighted by Crippen LogP contribution is -2.29. The zero-order valence-corrected chi connectivity index (χ0v) is 20.8. The molecule has 0 radical (unpaired) electrons. The number of carbonyl (C=O) groups is 2. The van der Waals surface area contributed by atoms with Gasteiger partial charge >= 0.3 is 0 Å². The van der Waals surface area contributed by atoms with Crippen molar-refractivity contribution < 1.29 is 14.0 Å². The Labute approximate surface area is 200 Å². The van der Waals surface area contributed by atoms with Crippen LogP contribution in [-0.4, -0.2) is 38.8 Å². The summed E-state index contributed by atoms with van der Waals surface area (Å²) in [6.07, 6.45) is 9.43. The van der Waals surface area contributed by atoms with Crippen molar-refractivity contribution in [3.63, 3.8) is 0 Å². The highest BCUT2D eigenvalue weighted by molar-refractivity contribution is 9.10. The number of aldehydes is 2. The number of hydrogen-bond acceptors (Lipinski definition) is 4. The second-order valence-electron chi connectivity index (χ2n) is 7.50. The lowest BCUT2D eigenvalue weighted by molar-refractivity contribution is 0.111. The Morgan fingerprint density at radius 3 is 2.00 bits per heavy atom. The van der Waals surface area contributed by atoms with Crippen molar-refractivity contribution in [1.29, 1.82) is 0 Å². The molecule has 1 N–H and O–H groups in total. The number of anilines is 1. The Kier molecular flexibility index (Phi) is 12.0. The van der Waals surface area contributed by atoms with E-state index in [0.717, 1.165) is 35.1 Å². The molecule has 2 aliphatic heterocycles. The first kappa shape index (κ1) is 25.7. The minimum atomic E-state index is -0.496. The maximum atomic E-state index is 12.6. The standard InChI is InChI=1S/C12H14BrNO.C7H4BrFO.C5H11N/c13-11-6-10(9-15)7-12(8-11)14-4-2-1-3-5-14;8-6-2-1-5(4-10)7(9)3-6;1-2-4-6-5-3-1/h6-9H,1-5H2;1-4H;6H,1-5H2. The molecule has 0 bridgehead atoms. The summed E-state index contributed by atoms with van der Waals surface area (Å²) < 4.78 is 14.2. The summed E-state index contributed by atoms with van der Waals surface area (Å²) in [6, 6.07) is 10.2. The first-order valence-corrected chi connectivity index (χ1v) is 12.2. The number of benzene rings is 2. The number of carbonyl (C=O) groups excluding carboxylic acids is 2. The van der Waals surface area contributed by atoms with Crippen LogP contribution in [0.2, 0.25) is 0 Å². The number of halogens is 3. The molecule has 4 rings (SSSR count). The summed E-state index contributed by atoms with van der Waals surface area (Å²) >= 11 is 6.50. The van der Waals surface area contributed by atoms with Crippen LogP contribution in [0.15, 0.2) is 45.3 Å². The SMILES string of the molecule is C1CCNCC1.O=Cc1cc(Br)cc(N2CCCCC2)c1.O=Cc1ccc(Br)cc1F. The van der Waals surface area contributed by atoms with E-state index in [4.69, 9.17) is 0 Å². The van der Waals surface area contributed by atoms with Gasteiger partial charge in [0.25, 0.3) is 0 Å². The quantitative estimate of drug-likeness (QED) is 0.444. The first-order chi connectivity index (χ1) is 15.0. The Morgan fingerprint density at radius 1 is 0.806 bits per heavy atom. The number of hydrogen-bond donors (Lipinski definition) is 1. The van der Waals surface area contributed by atoms with Gasteiger partial charge in [-0.05, 0) is 81.6 Å². The Balaban J connectivity index is 0.000000183. The minimum absolute atomic E-state index is 0.0863.